The number of barbiturate groups is 1. The maximum atomic E-state index is 13.2. The first kappa shape index (κ1) is 19.8. The molecule has 1 N–H and O–H groups in total. The number of rotatable bonds is 4. The molecular formula is C23H18BrN3O3. The quantitative estimate of drug-likeness (QED) is 0.350. The molecule has 0 radical (unpaired) electrons. The van der Waals surface area contributed by atoms with E-state index in [1.54, 1.807) is 36.4 Å². The molecule has 7 heteroatoms. The minimum atomic E-state index is -0.768. The molecule has 30 heavy (non-hydrogen) atoms. The number of hydrogen-bond acceptors (Lipinski definition) is 3. The van der Waals surface area contributed by atoms with Crippen molar-refractivity contribution in [3.8, 4) is 0 Å². The third-order valence-electron chi connectivity index (χ3n) is 5.07. The zero-order valence-corrected chi connectivity index (χ0v) is 17.8. The molecule has 150 valence electrons. The monoisotopic (exact) mass is 463 g/mol. The van der Waals surface area contributed by atoms with E-state index in [1.807, 2.05) is 31.2 Å². The van der Waals surface area contributed by atoms with Crippen molar-refractivity contribution in [2.24, 2.45) is 0 Å². The van der Waals surface area contributed by atoms with E-state index in [4.69, 9.17) is 0 Å². The Labute approximate surface area is 181 Å². The zero-order chi connectivity index (χ0) is 21.4. The Morgan fingerprint density at radius 2 is 1.77 bits per heavy atom. The molecular weight excluding hydrogens is 446 g/mol. The molecule has 0 aliphatic carbocycles. The van der Waals surface area contributed by atoms with Crippen LogP contribution in [-0.2, 0) is 16.1 Å². The summed E-state index contributed by atoms with van der Waals surface area (Å²) in [7, 11) is 0. The number of hydrogen-bond donors (Lipinski definition) is 1. The zero-order valence-electron chi connectivity index (χ0n) is 16.2. The van der Waals surface area contributed by atoms with Crippen LogP contribution >= 0.6 is 15.9 Å². The number of imide groups is 2. The molecule has 0 saturated carbocycles. The lowest BCUT2D eigenvalue weighted by atomic mass is 10.0. The Morgan fingerprint density at radius 3 is 2.47 bits per heavy atom. The number of carbonyl (C=O) groups excluding carboxylic acids is 3. The van der Waals surface area contributed by atoms with Crippen LogP contribution in [0.3, 0.4) is 0 Å². The molecule has 0 atom stereocenters. The molecule has 1 saturated heterocycles. The van der Waals surface area contributed by atoms with Gasteiger partial charge in [0.05, 0.1) is 5.69 Å². The molecule has 6 nitrogen and oxygen atoms in total. The van der Waals surface area contributed by atoms with Crippen LogP contribution in [0.1, 0.15) is 11.3 Å². The number of amides is 4. The van der Waals surface area contributed by atoms with E-state index >= 15 is 0 Å². The second kappa shape index (κ2) is 7.76. The number of benzene rings is 2. The van der Waals surface area contributed by atoms with Crippen molar-refractivity contribution >= 4 is 56.4 Å². The number of carbonyl (C=O) groups is 3. The summed E-state index contributed by atoms with van der Waals surface area (Å²) in [5, 5.41) is 3.18. The highest BCUT2D eigenvalue weighted by atomic mass is 79.9. The van der Waals surface area contributed by atoms with Crippen LogP contribution in [0.15, 0.2) is 71.2 Å². The molecule has 1 fully saturated rings. The lowest BCUT2D eigenvalue weighted by Crippen LogP contribution is -2.54. The van der Waals surface area contributed by atoms with E-state index in [-0.39, 0.29) is 5.57 Å². The van der Waals surface area contributed by atoms with E-state index in [0.29, 0.717) is 12.2 Å². The summed E-state index contributed by atoms with van der Waals surface area (Å²) < 4.78 is 2.88. The Morgan fingerprint density at radius 1 is 1.07 bits per heavy atom. The average molecular weight is 464 g/mol. The first-order chi connectivity index (χ1) is 14.4. The number of fused-ring (bicyclic) bond motifs is 1. The van der Waals surface area contributed by atoms with Gasteiger partial charge in [-0.2, -0.15) is 0 Å². The number of anilines is 1. The van der Waals surface area contributed by atoms with Crippen molar-refractivity contribution < 1.29 is 14.4 Å². The summed E-state index contributed by atoms with van der Waals surface area (Å²) in [5.74, 6) is -1.37. The molecule has 1 aromatic heterocycles. The standard InChI is InChI=1S/C23H18BrN3O3/c1-3-12-26-14(2)18(17-6-4-5-7-20(17)26)13-19-21(28)25-23(30)27(22(19)29)16-10-8-15(24)9-11-16/h3-11,13H,1,12H2,2H3,(H,25,28,30)/b19-13+. The minimum absolute atomic E-state index is 0.0953. The smallest absolute Gasteiger partial charge is 0.335 e. The van der Waals surface area contributed by atoms with Gasteiger partial charge in [0, 0.05) is 33.2 Å². The molecule has 1 aliphatic heterocycles. The van der Waals surface area contributed by atoms with E-state index in [2.05, 4.69) is 32.4 Å². The van der Waals surface area contributed by atoms with Gasteiger partial charge in [0.1, 0.15) is 5.57 Å². The Kier molecular flexibility index (Phi) is 5.13. The van der Waals surface area contributed by atoms with Crippen molar-refractivity contribution in [1.29, 1.82) is 0 Å². The highest BCUT2D eigenvalue weighted by molar-refractivity contribution is 9.10. The fraction of sp³-hybridized carbons (Fsp3) is 0.0870. The van der Waals surface area contributed by atoms with Crippen LogP contribution in [0.4, 0.5) is 10.5 Å². The molecule has 4 amide bonds. The average Bonchev–Trinajstić information content (AvgIpc) is 2.98. The van der Waals surface area contributed by atoms with Crippen LogP contribution in [0.2, 0.25) is 0 Å². The first-order valence-electron chi connectivity index (χ1n) is 9.28. The van der Waals surface area contributed by atoms with Crippen LogP contribution in [0.25, 0.3) is 17.0 Å². The van der Waals surface area contributed by atoms with Gasteiger partial charge < -0.3 is 4.57 Å². The lowest BCUT2D eigenvalue weighted by molar-refractivity contribution is -0.122. The van der Waals surface area contributed by atoms with Crippen LogP contribution in [0.5, 0.6) is 0 Å². The highest BCUT2D eigenvalue weighted by Gasteiger charge is 2.37. The number of allylic oxidation sites excluding steroid dienone is 1. The molecule has 3 aromatic rings. The topological polar surface area (TPSA) is 71.4 Å². The number of nitrogens with zero attached hydrogens (tertiary/aromatic N) is 2. The van der Waals surface area contributed by atoms with Gasteiger partial charge in [-0.15, -0.1) is 6.58 Å². The second-order valence-electron chi connectivity index (χ2n) is 6.85. The van der Waals surface area contributed by atoms with Gasteiger partial charge in [-0.1, -0.05) is 40.2 Å². The summed E-state index contributed by atoms with van der Waals surface area (Å²) in [6.45, 7) is 6.33. The maximum absolute atomic E-state index is 13.2. The number of nitrogens with one attached hydrogen (secondary N) is 1. The summed E-state index contributed by atoms with van der Waals surface area (Å²) in [5.41, 5.74) is 2.92. The van der Waals surface area contributed by atoms with E-state index in [1.165, 1.54) is 0 Å². The number of urea groups is 1. The molecule has 0 unspecified atom stereocenters. The second-order valence-corrected chi connectivity index (χ2v) is 7.77. The maximum Gasteiger partial charge on any atom is 0.335 e. The molecule has 4 rings (SSSR count). The molecule has 1 aliphatic rings. The van der Waals surface area contributed by atoms with Gasteiger partial charge in [-0.05, 0) is 43.3 Å². The Bertz CT molecular complexity index is 1240. The third kappa shape index (κ3) is 3.27. The van der Waals surface area contributed by atoms with Gasteiger partial charge in [-0.25, -0.2) is 9.69 Å². The van der Waals surface area contributed by atoms with Gasteiger partial charge >= 0.3 is 6.03 Å². The van der Waals surface area contributed by atoms with Crippen molar-refractivity contribution in [2.45, 2.75) is 13.5 Å². The summed E-state index contributed by atoms with van der Waals surface area (Å²) in [6.07, 6.45) is 3.36. The number of para-hydroxylation sites is 1. The van der Waals surface area contributed by atoms with E-state index < -0.39 is 17.8 Å². The Balaban J connectivity index is 1.85. The van der Waals surface area contributed by atoms with Gasteiger partial charge in [0.25, 0.3) is 11.8 Å². The largest absolute Gasteiger partial charge is 0.340 e. The van der Waals surface area contributed by atoms with E-state index in [0.717, 1.165) is 31.5 Å². The first-order valence-corrected chi connectivity index (χ1v) is 10.1. The Hall–Kier alpha value is -3.45. The van der Waals surface area contributed by atoms with Crippen molar-refractivity contribution in [3.63, 3.8) is 0 Å². The number of aromatic nitrogens is 1. The summed E-state index contributed by atoms with van der Waals surface area (Å²) >= 11 is 3.33. The van der Waals surface area contributed by atoms with Gasteiger partial charge in [0.15, 0.2) is 0 Å². The molecule has 0 spiro atoms. The SMILES string of the molecule is C=CCn1c(C)c(/C=C2\C(=O)NC(=O)N(c3ccc(Br)cc3)C2=O)c2ccccc21. The van der Waals surface area contributed by atoms with Gasteiger partial charge in [-0.3, -0.25) is 14.9 Å². The predicted octanol–water partition coefficient (Wildman–Crippen LogP) is 4.56. The van der Waals surface area contributed by atoms with Crippen LogP contribution < -0.4 is 10.2 Å². The number of halogens is 1. The van der Waals surface area contributed by atoms with Crippen LogP contribution in [-0.4, -0.2) is 22.4 Å². The van der Waals surface area contributed by atoms with Crippen LogP contribution in [0, 0.1) is 6.92 Å². The fourth-order valence-electron chi connectivity index (χ4n) is 3.63. The van der Waals surface area contributed by atoms with Crippen molar-refractivity contribution in [3.05, 3.63) is 82.5 Å². The summed E-state index contributed by atoms with van der Waals surface area (Å²) in [4.78, 5) is 39.1. The van der Waals surface area contributed by atoms with Crippen molar-refractivity contribution in [2.75, 3.05) is 4.90 Å². The predicted molar refractivity (Wildman–Crippen MR) is 120 cm³/mol. The fourth-order valence-corrected chi connectivity index (χ4v) is 3.90. The normalized spacial score (nSPS) is 15.7. The van der Waals surface area contributed by atoms with E-state index in [9.17, 15) is 14.4 Å². The third-order valence-corrected chi connectivity index (χ3v) is 5.60. The highest BCUT2D eigenvalue weighted by Crippen LogP contribution is 2.30. The molecule has 2 heterocycles. The molecule has 2 aromatic carbocycles. The summed E-state index contributed by atoms with van der Waals surface area (Å²) in [6, 6.07) is 13.7. The van der Waals surface area contributed by atoms with Gasteiger partial charge in [0.2, 0.25) is 0 Å². The minimum Gasteiger partial charge on any atom is -0.340 e. The lowest BCUT2D eigenvalue weighted by Gasteiger charge is -2.26. The van der Waals surface area contributed by atoms with Crippen molar-refractivity contribution in [1.82, 2.24) is 9.88 Å². The molecule has 0 bridgehead atoms.